The van der Waals surface area contributed by atoms with Crippen molar-refractivity contribution >= 4 is 17.5 Å². The minimum Gasteiger partial charge on any atom is -0.332 e. The third-order valence-electron chi connectivity index (χ3n) is 3.46. The summed E-state index contributed by atoms with van der Waals surface area (Å²) in [5, 5.41) is 0.688. The van der Waals surface area contributed by atoms with Crippen molar-refractivity contribution in [3.8, 4) is 0 Å². The lowest BCUT2D eigenvalue weighted by atomic mass is 9.98. The summed E-state index contributed by atoms with van der Waals surface area (Å²) in [4.78, 5) is 18.3. The van der Waals surface area contributed by atoms with Crippen LogP contribution >= 0.6 is 11.6 Å². The molecule has 0 saturated heterocycles. The molecule has 0 spiro atoms. The van der Waals surface area contributed by atoms with Gasteiger partial charge in [-0.1, -0.05) is 36.7 Å². The van der Waals surface area contributed by atoms with E-state index in [1.807, 2.05) is 61.3 Å². The molecule has 0 aliphatic rings. The molecule has 0 bridgehead atoms. The maximum Gasteiger partial charge on any atom is 0.223 e. The Kier molecular flexibility index (Phi) is 5.34. The lowest BCUT2D eigenvalue weighted by molar-refractivity contribution is -0.132. The number of carbonyl (C=O) groups excluding carboxylic acids is 1. The van der Waals surface area contributed by atoms with Gasteiger partial charge in [0.05, 0.1) is 6.04 Å². The Bertz CT molecular complexity index is 583. The molecule has 0 aliphatic heterocycles. The van der Waals surface area contributed by atoms with Crippen LogP contribution in [-0.4, -0.2) is 22.3 Å². The predicted octanol–water partition coefficient (Wildman–Crippen LogP) is 4.08. The Balaban J connectivity index is 2.48. The first-order valence-electron chi connectivity index (χ1n) is 7.12. The monoisotopic (exact) mass is 302 g/mol. The Morgan fingerprint density at radius 1 is 1.19 bits per heavy atom. The zero-order valence-corrected chi connectivity index (χ0v) is 13.0. The highest BCUT2D eigenvalue weighted by Gasteiger charge is 2.24. The molecule has 0 saturated carbocycles. The standard InChI is InChI=1S/C17H19ClN2O/c1-3-16(21)20(4-2)17(14-6-5-11-19-12-14)13-7-9-15(18)10-8-13/h5-12,17H,3-4H2,1-2H3/t17-/m1/s1. The van der Waals surface area contributed by atoms with E-state index < -0.39 is 0 Å². The SMILES string of the molecule is CCC(=O)N(CC)[C@H](c1ccc(Cl)cc1)c1cccnc1. The highest BCUT2D eigenvalue weighted by Crippen LogP contribution is 2.29. The van der Waals surface area contributed by atoms with Crippen molar-refractivity contribution in [3.63, 3.8) is 0 Å². The lowest BCUT2D eigenvalue weighted by Gasteiger charge is -2.31. The largest absolute Gasteiger partial charge is 0.332 e. The van der Waals surface area contributed by atoms with Crippen LogP contribution in [0.5, 0.6) is 0 Å². The Hall–Kier alpha value is -1.87. The maximum atomic E-state index is 12.3. The summed E-state index contributed by atoms with van der Waals surface area (Å²) in [6.07, 6.45) is 4.03. The maximum absolute atomic E-state index is 12.3. The molecule has 0 aliphatic carbocycles. The van der Waals surface area contributed by atoms with Gasteiger partial charge in [0.15, 0.2) is 0 Å². The quantitative estimate of drug-likeness (QED) is 0.833. The van der Waals surface area contributed by atoms with Gasteiger partial charge in [-0.15, -0.1) is 0 Å². The van der Waals surface area contributed by atoms with Crippen LogP contribution in [0.25, 0.3) is 0 Å². The summed E-state index contributed by atoms with van der Waals surface area (Å²) in [5.74, 6) is 0.126. The summed E-state index contributed by atoms with van der Waals surface area (Å²) in [5.41, 5.74) is 2.04. The van der Waals surface area contributed by atoms with Gasteiger partial charge >= 0.3 is 0 Å². The molecule has 1 heterocycles. The molecule has 3 nitrogen and oxygen atoms in total. The average Bonchev–Trinajstić information content (AvgIpc) is 2.54. The van der Waals surface area contributed by atoms with Gasteiger partial charge in [0, 0.05) is 30.4 Å². The zero-order chi connectivity index (χ0) is 15.2. The van der Waals surface area contributed by atoms with Gasteiger partial charge in [-0.25, -0.2) is 0 Å². The van der Waals surface area contributed by atoms with Crippen molar-refractivity contribution in [1.82, 2.24) is 9.88 Å². The van der Waals surface area contributed by atoms with Crippen molar-refractivity contribution in [2.45, 2.75) is 26.3 Å². The van der Waals surface area contributed by atoms with Crippen molar-refractivity contribution < 1.29 is 4.79 Å². The first-order chi connectivity index (χ1) is 10.2. The van der Waals surface area contributed by atoms with Crippen LogP contribution in [0.4, 0.5) is 0 Å². The molecule has 2 aromatic rings. The van der Waals surface area contributed by atoms with Gasteiger partial charge in [-0.3, -0.25) is 9.78 Å². The van der Waals surface area contributed by atoms with Crippen LogP contribution in [0.15, 0.2) is 48.8 Å². The van der Waals surface area contributed by atoms with Crippen molar-refractivity contribution in [2.75, 3.05) is 6.54 Å². The molecule has 1 atom stereocenters. The molecule has 0 N–H and O–H groups in total. The molecule has 1 aromatic heterocycles. The molecular weight excluding hydrogens is 284 g/mol. The molecular formula is C17H19ClN2O. The number of nitrogens with zero attached hydrogens (tertiary/aromatic N) is 2. The van der Waals surface area contributed by atoms with E-state index in [0.29, 0.717) is 18.0 Å². The summed E-state index contributed by atoms with van der Waals surface area (Å²) < 4.78 is 0. The van der Waals surface area contributed by atoms with Gasteiger partial charge in [0.2, 0.25) is 5.91 Å². The topological polar surface area (TPSA) is 33.2 Å². The van der Waals surface area contributed by atoms with Gasteiger partial charge in [-0.05, 0) is 36.2 Å². The number of carbonyl (C=O) groups is 1. The van der Waals surface area contributed by atoms with E-state index >= 15 is 0 Å². The van der Waals surface area contributed by atoms with Crippen molar-refractivity contribution in [2.24, 2.45) is 0 Å². The fraction of sp³-hybridized carbons (Fsp3) is 0.294. The summed E-state index contributed by atoms with van der Waals surface area (Å²) in [6, 6.07) is 11.4. The van der Waals surface area contributed by atoms with Gasteiger partial charge in [-0.2, -0.15) is 0 Å². The molecule has 4 heteroatoms. The number of aromatic nitrogens is 1. The van der Waals surface area contributed by atoms with Gasteiger partial charge in [0.1, 0.15) is 0 Å². The lowest BCUT2D eigenvalue weighted by Crippen LogP contribution is -2.35. The molecule has 1 amide bonds. The van der Waals surface area contributed by atoms with Crippen molar-refractivity contribution in [3.05, 3.63) is 64.9 Å². The van der Waals surface area contributed by atoms with Gasteiger partial charge < -0.3 is 4.90 Å². The second-order valence-electron chi connectivity index (χ2n) is 4.77. The Morgan fingerprint density at radius 2 is 1.90 bits per heavy atom. The molecule has 0 radical (unpaired) electrons. The van der Waals surface area contributed by atoms with E-state index in [0.717, 1.165) is 11.1 Å². The third-order valence-corrected chi connectivity index (χ3v) is 3.71. The van der Waals surface area contributed by atoms with E-state index in [9.17, 15) is 4.79 Å². The second kappa shape index (κ2) is 7.23. The number of hydrogen-bond donors (Lipinski definition) is 0. The van der Waals surface area contributed by atoms with E-state index in [1.54, 1.807) is 6.20 Å². The summed E-state index contributed by atoms with van der Waals surface area (Å²) >= 11 is 5.97. The first-order valence-corrected chi connectivity index (χ1v) is 7.50. The second-order valence-corrected chi connectivity index (χ2v) is 5.21. The molecule has 0 unspecified atom stereocenters. The molecule has 2 rings (SSSR count). The van der Waals surface area contributed by atoms with Crippen LogP contribution in [0, 0.1) is 0 Å². The first kappa shape index (κ1) is 15.5. The van der Waals surface area contributed by atoms with E-state index in [1.165, 1.54) is 0 Å². The Labute approximate surface area is 130 Å². The van der Waals surface area contributed by atoms with Crippen LogP contribution in [0.3, 0.4) is 0 Å². The van der Waals surface area contributed by atoms with Crippen LogP contribution in [0.1, 0.15) is 37.4 Å². The number of amides is 1. The minimum absolute atomic E-state index is 0.126. The smallest absolute Gasteiger partial charge is 0.223 e. The number of benzene rings is 1. The van der Waals surface area contributed by atoms with Gasteiger partial charge in [0.25, 0.3) is 0 Å². The Morgan fingerprint density at radius 3 is 2.43 bits per heavy atom. The number of pyridine rings is 1. The van der Waals surface area contributed by atoms with E-state index in [2.05, 4.69) is 4.98 Å². The number of halogens is 1. The van der Waals surface area contributed by atoms with E-state index in [4.69, 9.17) is 11.6 Å². The number of rotatable bonds is 5. The molecule has 0 fully saturated rings. The van der Waals surface area contributed by atoms with Crippen LogP contribution < -0.4 is 0 Å². The molecule has 1 aromatic carbocycles. The van der Waals surface area contributed by atoms with Crippen LogP contribution in [-0.2, 0) is 4.79 Å². The highest BCUT2D eigenvalue weighted by molar-refractivity contribution is 6.30. The number of hydrogen-bond acceptors (Lipinski definition) is 2. The fourth-order valence-corrected chi connectivity index (χ4v) is 2.57. The summed E-state index contributed by atoms with van der Waals surface area (Å²) in [7, 11) is 0. The average molecular weight is 303 g/mol. The zero-order valence-electron chi connectivity index (χ0n) is 12.3. The van der Waals surface area contributed by atoms with E-state index in [-0.39, 0.29) is 11.9 Å². The highest BCUT2D eigenvalue weighted by atomic mass is 35.5. The minimum atomic E-state index is -0.131. The van der Waals surface area contributed by atoms with Crippen LogP contribution in [0.2, 0.25) is 5.02 Å². The molecule has 110 valence electrons. The molecule has 21 heavy (non-hydrogen) atoms. The fourth-order valence-electron chi connectivity index (χ4n) is 2.44. The predicted molar refractivity (Wildman–Crippen MR) is 85.2 cm³/mol. The third kappa shape index (κ3) is 3.61. The van der Waals surface area contributed by atoms with Crippen molar-refractivity contribution in [1.29, 1.82) is 0 Å². The summed E-state index contributed by atoms with van der Waals surface area (Å²) in [6.45, 7) is 4.52. The normalized spacial score (nSPS) is 12.0.